The number of carbonyl (C=O) groups is 2. The Morgan fingerprint density at radius 1 is 1.03 bits per heavy atom. The maximum absolute atomic E-state index is 13.0. The van der Waals surface area contributed by atoms with Gasteiger partial charge in [-0.05, 0) is 67.9 Å². The van der Waals surface area contributed by atoms with E-state index in [0.717, 1.165) is 5.56 Å². The van der Waals surface area contributed by atoms with Gasteiger partial charge >= 0.3 is 0 Å². The molecule has 7 nitrogen and oxygen atoms in total. The number of amides is 1. The number of hydrogen-bond donors (Lipinski definition) is 1. The molecule has 162 valence electrons. The molecule has 1 aromatic carbocycles. The number of benzene rings is 1. The average molecular weight is 429 g/mol. The van der Waals surface area contributed by atoms with Gasteiger partial charge in [0.1, 0.15) is 17.6 Å². The van der Waals surface area contributed by atoms with Crippen LogP contribution in [0.15, 0.2) is 78.8 Å². The van der Waals surface area contributed by atoms with Crippen LogP contribution < -0.4 is 4.74 Å². The molecule has 0 aliphatic carbocycles. The third-order valence-corrected chi connectivity index (χ3v) is 5.11. The number of pyridine rings is 2. The van der Waals surface area contributed by atoms with E-state index in [4.69, 9.17) is 4.74 Å². The van der Waals surface area contributed by atoms with Crippen molar-refractivity contribution in [1.29, 1.82) is 0 Å². The van der Waals surface area contributed by atoms with Crippen LogP contribution in [0, 0.1) is 0 Å². The summed E-state index contributed by atoms with van der Waals surface area (Å²) in [5.41, 5.74) is 1.75. The van der Waals surface area contributed by atoms with Crippen LogP contribution in [0.1, 0.15) is 36.7 Å². The number of Topliss-reactive ketones (excluding diaryl/α,β-unsaturated/α-hetero) is 1. The quantitative estimate of drug-likeness (QED) is 0.363. The molecule has 0 bridgehead atoms. The molecule has 1 unspecified atom stereocenters. The van der Waals surface area contributed by atoms with E-state index in [1.54, 1.807) is 73.2 Å². The molecule has 0 radical (unpaired) electrons. The highest BCUT2D eigenvalue weighted by atomic mass is 16.5. The van der Waals surface area contributed by atoms with Crippen LogP contribution in [-0.2, 0) is 16.1 Å². The summed E-state index contributed by atoms with van der Waals surface area (Å²) in [7, 11) is 0. The van der Waals surface area contributed by atoms with Crippen molar-refractivity contribution < 1.29 is 19.4 Å². The summed E-state index contributed by atoms with van der Waals surface area (Å²) >= 11 is 0. The van der Waals surface area contributed by atoms with Crippen LogP contribution >= 0.6 is 0 Å². The van der Waals surface area contributed by atoms with Crippen molar-refractivity contribution in [2.24, 2.45) is 0 Å². The number of aromatic nitrogens is 2. The van der Waals surface area contributed by atoms with Crippen LogP contribution in [0.25, 0.3) is 5.76 Å². The van der Waals surface area contributed by atoms with E-state index in [-0.39, 0.29) is 24.0 Å². The van der Waals surface area contributed by atoms with Crippen molar-refractivity contribution in [3.8, 4) is 5.75 Å². The molecule has 1 aliphatic rings. The summed E-state index contributed by atoms with van der Waals surface area (Å²) in [5, 5.41) is 11.1. The number of ether oxygens (including phenoxy) is 1. The number of ketones is 1. The molecule has 1 atom stereocenters. The van der Waals surface area contributed by atoms with E-state index in [9.17, 15) is 14.7 Å². The van der Waals surface area contributed by atoms with E-state index in [2.05, 4.69) is 9.97 Å². The summed E-state index contributed by atoms with van der Waals surface area (Å²) in [6, 6.07) is 14.8. The zero-order chi connectivity index (χ0) is 22.7. The Hall–Kier alpha value is -4.00. The van der Waals surface area contributed by atoms with Crippen molar-refractivity contribution >= 4 is 17.4 Å². The van der Waals surface area contributed by atoms with Gasteiger partial charge in [0.15, 0.2) is 0 Å². The number of rotatable bonds is 6. The Morgan fingerprint density at radius 3 is 2.38 bits per heavy atom. The first-order chi connectivity index (χ1) is 15.5. The Bertz CT molecular complexity index is 1140. The molecule has 3 aromatic rings. The highest BCUT2D eigenvalue weighted by molar-refractivity contribution is 6.46. The van der Waals surface area contributed by atoms with Crippen LogP contribution in [0.3, 0.4) is 0 Å². The molecule has 32 heavy (non-hydrogen) atoms. The fourth-order valence-electron chi connectivity index (χ4n) is 3.69. The number of hydrogen-bond acceptors (Lipinski definition) is 6. The third-order valence-electron chi connectivity index (χ3n) is 5.11. The van der Waals surface area contributed by atoms with Crippen molar-refractivity contribution in [2.75, 3.05) is 0 Å². The topological polar surface area (TPSA) is 92.6 Å². The molecule has 1 aliphatic heterocycles. The van der Waals surface area contributed by atoms with Crippen molar-refractivity contribution in [2.45, 2.75) is 32.5 Å². The second-order valence-corrected chi connectivity index (χ2v) is 7.73. The van der Waals surface area contributed by atoms with E-state index in [1.807, 2.05) is 13.8 Å². The second-order valence-electron chi connectivity index (χ2n) is 7.73. The zero-order valence-corrected chi connectivity index (χ0v) is 17.8. The van der Waals surface area contributed by atoms with Crippen LogP contribution in [-0.4, -0.2) is 37.8 Å². The summed E-state index contributed by atoms with van der Waals surface area (Å²) in [6.45, 7) is 4.03. The minimum atomic E-state index is -0.809. The van der Waals surface area contributed by atoms with Gasteiger partial charge in [-0.2, -0.15) is 0 Å². The Morgan fingerprint density at radius 2 is 1.75 bits per heavy atom. The zero-order valence-electron chi connectivity index (χ0n) is 17.8. The lowest BCUT2D eigenvalue weighted by Crippen LogP contribution is -2.29. The number of nitrogens with zero attached hydrogens (tertiary/aromatic N) is 3. The lowest BCUT2D eigenvalue weighted by Gasteiger charge is -2.24. The molecule has 1 N–H and O–H groups in total. The van der Waals surface area contributed by atoms with Gasteiger partial charge in [0.05, 0.1) is 17.4 Å². The first-order valence-corrected chi connectivity index (χ1v) is 10.3. The average Bonchev–Trinajstić information content (AvgIpc) is 3.05. The summed E-state index contributed by atoms with van der Waals surface area (Å²) in [5.74, 6) is -1.02. The highest BCUT2D eigenvalue weighted by Gasteiger charge is 2.46. The van der Waals surface area contributed by atoms with Crippen LogP contribution in [0.5, 0.6) is 5.75 Å². The molecule has 0 spiro atoms. The van der Waals surface area contributed by atoms with Gasteiger partial charge in [-0.3, -0.25) is 19.6 Å². The molecular formula is C25H23N3O4. The van der Waals surface area contributed by atoms with E-state index in [0.29, 0.717) is 17.0 Å². The smallest absolute Gasteiger partial charge is 0.296 e. The van der Waals surface area contributed by atoms with Crippen molar-refractivity contribution in [3.63, 3.8) is 0 Å². The maximum Gasteiger partial charge on any atom is 0.296 e. The molecule has 1 amide bonds. The molecule has 1 saturated heterocycles. The maximum atomic E-state index is 13.0. The highest BCUT2D eigenvalue weighted by Crippen LogP contribution is 2.39. The van der Waals surface area contributed by atoms with Gasteiger partial charge in [-0.15, -0.1) is 0 Å². The van der Waals surface area contributed by atoms with Gasteiger partial charge in [0, 0.05) is 30.7 Å². The SMILES string of the molecule is CC(C)Oc1ccc(/C(O)=C2/C(=O)C(=O)N(Cc3ccncc3)C2c2ccccn2)cc1. The van der Waals surface area contributed by atoms with Gasteiger partial charge in [0.2, 0.25) is 0 Å². The minimum Gasteiger partial charge on any atom is -0.507 e. The monoisotopic (exact) mass is 429 g/mol. The Kier molecular flexibility index (Phi) is 5.98. The lowest BCUT2D eigenvalue weighted by molar-refractivity contribution is -0.140. The molecule has 3 heterocycles. The van der Waals surface area contributed by atoms with Crippen LogP contribution in [0.2, 0.25) is 0 Å². The third kappa shape index (κ3) is 4.23. The summed E-state index contributed by atoms with van der Waals surface area (Å²) in [4.78, 5) is 35.8. The molecule has 0 saturated carbocycles. The first kappa shape index (κ1) is 21.2. The number of aliphatic hydroxyl groups excluding tert-OH is 1. The predicted molar refractivity (Wildman–Crippen MR) is 119 cm³/mol. The van der Waals surface area contributed by atoms with E-state index >= 15 is 0 Å². The molecular weight excluding hydrogens is 406 g/mol. The lowest BCUT2D eigenvalue weighted by atomic mass is 9.98. The fraction of sp³-hybridized carbons (Fsp3) is 0.200. The second kappa shape index (κ2) is 9.01. The summed E-state index contributed by atoms with van der Waals surface area (Å²) in [6.07, 6.45) is 4.86. The molecule has 7 heteroatoms. The predicted octanol–water partition coefficient (Wildman–Crippen LogP) is 3.89. The number of aliphatic hydroxyl groups is 1. The molecule has 2 aromatic heterocycles. The number of likely N-dealkylation sites (tertiary alicyclic amines) is 1. The Balaban J connectivity index is 1.78. The Labute approximate surface area is 186 Å². The van der Waals surface area contributed by atoms with Gasteiger partial charge in [-0.1, -0.05) is 6.07 Å². The van der Waals surface area contributed by atoms with Crippen LogP contribution in [0.4, 0.5) is 0 Å². The normalized spacial score (nSPS) is 17.7. The largest absolute Gasteiger partial charge is 0.507 e. The standard InChI is InChI=1S/C25H23N3O4/c1-16(2)32-19-8-6-18(7-9-19)23(29)21-22(20-5-3-4-12-27-20)28(25(31)24(21)30)15-17-10-13-26-14-11-17/h3-14,16,22,29H,15H2,1-2H3/b23-21-. The molecule has 1 fully saturated rings. The fourth-order valence-corrected chi connectivity index (χ4v) is 3.69. The van der Waals surface area contributed by atoms with Gasteiger partial charge in [0.25, 0.3) is 11.7 Å². The number of carbonyl (C=O) groups excluding carboxylic acids is 2. The molecule has 4 rings (SSSR count). The van der Waals surface area contributed by atoms with E-state index < -0.39 is 17.7 Å². The van der Waals surface area contributed by atoms with Crippen molar-refractivity contribution in [3.05, 3.63) is 95.6 Å². The van der Waals surface area contributed by atoms with Gasteiger partial charge in [-0.25, -0.2) is 0 Å². The summed E-state index contributed by atoms with van der Waals surface area (Å²) < 4.78 is 5.64. The van der Waals surface area contributed by atoms with Gasteiger partial charge < -0.3 is 14.7 Å². The van der Waals surface area contributed by atoms with Crippen molar-refractivity contribution in [1.82, 2.24) is 14.9 Å². The first-order valence-electron chi connectivity index (χ1n) is 10.3. The minimum absolute atomic E-state index is 0.0112. The van der Waals surface area contributed by atoms with E-state index in [1.165, 1.54) is 4.90 Å².